The fourth-order valence-electron chi connectivity index (χ4n) is 3.71. The van der Waals surface area contributed by atoms with Gasteiger partial charge in [0.15, 0.2) is 0 Å². The number of rotatable bonds is 9. The van der Waals surface area contributed by atoms with Crippen molar-refractivity contribution in [2.75, 3.05) is 6.54 Å². The van der Waals surface area contributed by atoms with Gasteiger partial charge in [-0.3, -0.25) is 4.79 Å². The molecule has 0 bridgehead atoms. The number of nitrogens with one attached hydrogen (secondary N) is 1. The lowest BCUT2D eigenvalue weighted by molar-refractivity contribution is -0.121. The molecule has 0 aliphatic heterocycles. The monoisotopic (exact) mass is 478 g/mol. The van der Waals surface area contributed by atoms with Crippen molar-refractivity contribution in [1.82, 2.24) is 9.62 Å². The highest BCUT2D eigenvalue weighted by molar-refractivity contribution is 7.89. The van der Waals surface area contributed by atoms with Crippen molar-refractivity contribution in [3.63, 3.8) is 0 Å². The molecular formula is C28H34N2O3S. The first-order chi connectivity index (χ1) is 16.1. The maximum absolute atomic E-state index is 13.5. The first kappa shape index (κ1) is 25.7. The molecule has 0 aliphatic carbocycles. The number of benzene rings is 3. The van der Waals surface area contributed by atoms with E-state index in [0.29, 0.717) is 0 Å². The SMILES string of the molecule is CC(NC(=O)CCN(Cc1ccccc1)S(=O)(=O)c1ccc(C(C)(C)C)cc1)c1ccccc1. The smallest absolute Gasteiger partial charge is 0.243 e. The lowest BCUT2D eigenvalue weighted by Crippen LogP contribution is -2.35. The summed E-state index contributed by atoms with van der Waals surface area (Å²) in [5.41, 5.74) is 2.87. The summed E-state index contributed by atoms with van der Waals surface area (Å²) in [6, 6.07) is 26.0. The van der Waals surface area contributed by atoms with E-state index in [1.165, 1.54) is 4.31 Å². The van der Waals surface area contributed by atoms with E-state index >= 15 is 0 Å². The Labute approximate surface area is 203 Å². The molecule has 0 radical (unpaired) electrons. The highest BCUT2D eigenvalue weighted by atomic mass is 32.2. The van der Waals surface area contributed by atoms with Gasteiger partial charge in [-0.25, -0.2) is 8.42 Å². The zero-order valence-electron chi connectivity index (χ0n) is 20.4. The Morgan fingerprint density at radius 3 is 2.00 bits per heavy atom. The van der Waals surface area contributed by atoms with Gasteiger partial charge in [-0.15, -0.1) is 0 Å². The summed E-state index contributed by atoms with van der Waals surface area (Å²) in [6.45, 7) is 8.48. The van der Waals surface area contributed by atoms with Crippen LogP contribution in [0.1, 0.15) is 56.8 Å². The van der Waals surface area contributed by atoms with Crippen molar-refractivity contribution in [3.05, 3.63) is 102 Å². The molecule has 3 rings (SSSR count). The highest BCUT2D eigenvalue weighted by Gasteiger charge is 2.26. The maximum atomic E-state index is 13.5. The average molecular weight is 479 g/mol. The fraction of sp³-hybridized carbons (Fsp3) is 0.321. The zero-order valence-corrected chi connectivity index (χ0v) is 21.2. The highest BCUT2D eigenvalue weighted by Crippen LogP contribution is 2.25. The Bertz CT molecular complexity index is 1170. The van der Waals surface area contributed by atoms with E-state index in [2.05, 4.69) is 26.1 Å². The van der Waals surface area contributed by atoms with Crippen LogP contribution < -0.4 is 5.32 Å². The Morgan fingerprint density at radius 1 is 0.882 bits per heavy atom. The van der Waals surface area contributed by atoms with E-state index in [-0.39, 0.29) is 41.8 Å². The van der Waals surface area contributed by atoms with Crippen molar-refractivity contribution in [1.29, 1.82) is 0 Å². The summed E-state index contributed by atoms with van der Waals surface area (Å²) < 4.78 is 28.5. The number of hydrogen-bond donors (Lipinski definition) is 1. The summed E-state index contributed by atoms with van der Waals surface area (Å²) in [5.74, 6) is -0.187. The van der Waals surface area contributed by atoms with Crippen molar-refractivity contribution in [3.8, 4) is 0 Å². The van der Waals surface area contributed by atoms with Crippen molar-refractivity contribution in [2.45, 2.75) is 57.0 Å². The molecule has 0 aromatic heterocycles. The van der Waals surface area contributed by atoms with Gasteiger partial charge in [0.05, 0.1) is 10.9 Å². The molecule has 0 fully saturated rings. The Kier molecular flexibility index (Phi) is 8.28. The molecular weight excluding hydrogens is 444 g/mol. The standard InChI is InChI=1S/C28H34N2O3S/c1-22(24-13-9-6-10-14-24)29-27(31)19-20-30(21-23-11-7-5-8-12-23)34(32,33)26-17-15-25(16-18-26)28(2,3)4/h5-18,22H,19-21H2,1-4H3,(H,29,31). The Morgan fingerprint density at radius 2 is 1.44 bits per heavy atom. The Hall–Kier alpha value is -2.96. The minimum atomic E-state index is -3.78. The summed E-state index contributed by atoms with van der Waals surface area (Å²) in [5, 5.41) is 2.97. The molecule has 0 heterocycles. The zero-order chi connectivity index (χ0) is 24.8. The number of hydrogen-bond acceptors (Lipinski definition) is 3. The van der Waals surface area contributed by atoms with Gasteiger partial charge >= 0.3 is 0 Å². The third-order valence-electron chi connectivity index (χ3n) is 5.83. The molecule has 1 unspecified atom stereocenters. The summed E-state index contributed by atoms with van der Waals surface area (Å²) in [7, 11) is -3.78. The van der Waals surface area contributed by atoms with Gasteiger partial charge in [0.1, 0.15) is 0 Å². The average Bonchev–Trinajstić information content (AvgIpc) is 2.82. The van der Waals surface area contributed by atoms with Crippen LogP contribution in [0.4, 0.5) is 0 Å². The second-order valence-corrected chi connectivity index (χ2v) is 11.5. The number of amides is 1. The van der Waals surface area contributed by atoms with Crippen LogP contribution in [0.25, 0.3) is 0 Å². The van der Waals surface area contributed by atoms with Gasteiger partial charge in [-0.05, 0) is 41.2 Å². The van der Waals surface area contributed by atoms with Gasteiger partial charge in [-0.2, -0.15) is 4.31 Å². The lowest BCUT2D eigenvalue weighted by Gasteiger charge is -2.24. The van der Waals surface area contributed by atoms with Crippen LogP contribution in [0, 0.1) is 0 Å². The topological polar surface area (TPSA) is 66.5 Å². The van der Waals surface area contributed by atoms with Crippen LogP contribution in [-0.2, 0) is 26.8 Å². The van der Waals surface area contributed by atoms with Gasteiger partial charge in [0, 0.05) is 19.5 Å². The predicted octanol–water partition coefficient (Wildman–Crippen LogP) is 5.44. The fourth-order valence-corrected chi connectivity index (χ4v) is 5.14. The summed E-state index contributed by atoms with van der Waals surface area (Å²) in [4.78, 5) is 12.9. The molecule has 0 saturated heterocycles. The van der Waals surface area contributed by atoms with Crippen LogP contribution in [-0.4, -0.2) is 25.2 Å². The van der Waals surface area contributed by atoms with Crippen LogP contribution in [0.3, 0.4) is 0 Å². The molecule has 5 nitrogen and oxygen atoms in total. The minimum Gasteiger partial charge on any atom is -0.350 e. The quantitative estimate of drug-likeness (QED) is 0.445. The van der Waals surface area contributed by atoms with E-state index in [4.69, 9.17) is 0 Å². The predicted molar refractivity (Wildman–Crippen MR) is 137 cm³/mol. The molecule has 0 spiro atoms. The number of carbonyl (C=O) groups is 1. The van der Waals surface area contributed by atoms with Crippen molar-refractivity contribution in [2.24, 2.45) is 0 Å². The molecule has 180 valence electrons. The second-order valence-electron chi connectivity index (χ2n) is 9.55. The molecule has 3 aromatic carbocycles. The van der Waals surface area contributed by atoms with Gasteiger partial charge in [0.2, 0.25) is 15.9 Å². The first-order valence-corrected chi connectivity index (χ1v) is 13.0. The minimum absolute atomic E-state index is 0.0699. The third-order valence-corrected chi connectivity index (χ3v) is 7.68. The molecule has 0 aliphatic rings. The number of carbonyl (C=O) groups excluding carboxylic acids is 1. The van der Waals surface area contributed by atoms with Crippen LogP contribution in [0.15, 0.2) is 89.8 Å². The van der Waals surface area contributed by atoms with Crippen LogP contribution in [0.5, 0.6) is 0 Å². The second kappa shape index (κ2) is 11.0. The van der Waals surface area contributed by atoms with Crippen molar-refractivity contribution < 1.29 is 13.2 Å². The molecule has 1 atom stereocenters. The van der Waals surface area contributed by atoms with E-state index in [1.807, 2.05) is 79.7 Å². The van der Waals surface area contributed by atoms with E-state index in [1.54, 1.807) is 12.1 Å². The lowest BCUT2D eigenvalue weighted by atomic mass is 9.87. The van der Waals surface area contributed by atoms with E-state index in [0.717, 1.165) is 16.7 Å². The normalized spacial score (nSPS) is 13.0. The molecule has 6 heteroatoms. The van der Waals surface area contributed by atoms with Crippen LogP contribution in [0.2, 0.25) is 0 Å². The third kappa shape index (κ3) is 6.78. The summed E-state index contributed by atoms with van der Waals surface area (Å²) >= 11 is 0. The van der Waals surface area contributed by atoms with E-state index < -0.39 is 10.0 Å². The van der Waals surface area contributed by atoms with Crippen LogP contribution >= 0.6 is 0 Å². The largest absolute Gasteiger partial charge is 0.350 e. The van der Waals surface area contributed by atoms with Gasteiger partial charge < -0.3 is 5.32 Å². The Balaban J connectivity index is 1.77. The van der Waals surface area contributed by atoms with Crippen molar-refractivity contribution >= 4 is 15.9 Å². The molecule has 1 amide bonds. The molecule has 34 heavy (non-hydrogen) atoms. The number of nitrogens with zero attached hydrogens (tertiary/aromatic N) is 1. The first-order valence-electron chi connectivity index (χ1n) is 11.6. The molecule has 0 saturated carbocycles. The van der Waals surface area contributed by atoms with Gasteiger partial charge in [0.25, 0.3) is 0 Å². The van der Waals surface area contributed by atoms with E-state index in [9.17, 15) is 13.2 Å². The number of sulfonamides is 1. The maximum Gasteiger partial charge on any atom is 0.243 e. The summed E-state index contributed by atoms with van der Waals surface area (Å²) in [6.07, 6.45) is 0.0727. The van der Waals surface area contributed by atoms with Gasteiger partial charge in [-0.1, -0.05) is 93.6 Å². The molecule has 1 N–H and O–H groups in total. The molecule has 3 aromatic rings.